The average molecular weight is 283 g/mol. The molecule has 0 saturated carbocycles. The standard InChI is InChI=1S/C16H17N3O2/c1-19-9-8-13(10-19)21-16-7-3-6-15(18-16)14-5-2-4-12(11-20)17-14/h2-7,11,13H,8-10H2,1H3/t13-/m0/s1. The molecule has 0 amide bonds. The monoisotopic (exact) mass is 283 g/mol. The molecule has 5 heteroatoms. The van der Waals surface area contributed by atoms with Crippen molar-refractivity contribution < 1.29 is 9.53 Å². The number of hydrogen-bond acceptors (Lipinski definition) is 5. The maximum Gasteiger partial charge on any atom is 0.214 e. The van der Waals surface area contributed by atoms with Crippen LogP contribution in [0.3, 0.4) is 0 Å². The molecule has 1 fully saturated rings. The summed E-state index contributed by atoms with van der Waals surface area (Å²) in [5, 5.41) is 0. The summed E-state index contributed by atoms with van der Waals surface area (Å²) in [5.41, 5.74) is 1.79. The molecule has 0 aliphatic carbocycles. The molecule has 5 nitrogen and oxygen atoms in total. The van der Waals surface area contributed by atoms with E-state index < -0.39 is 0 Å². The average Bonchev–Trinajstić information content (AvgIpc) is 2.93. The van der Waals surface area contributed by atoms with Crippen LogP contribution in [0.15, 0.2) is 36.4 Å². The quantitative estimate of drug-likeness (QED) is 0.804. The van der Waals surface area contributed by atoms with E-state index >= 15 is 0 Å². The molecule has 1 aliphatic heterocycles. The molecule has 2 aromatic rings. The summed E-state index contributed by atoms with van der Waals surface area (Å²) in [6.07, 6.45) is 1.94. The van der Waals surface area contributed by atoms with Crippen molar-refractivity contribution in [3.8, 4) is 17.3 Å². The van der Waals surface area contributed by atoms with Gasteiger partial charge in [0.1, 0.15) is 11.8 Å². The van der Waals surface area contributed by atoms with Crippen LogP contribution in [-0.4, -0.2) is 47.4 Å². The largest absolute Gasteiger partial charge is 0.473 e. The summed E-state index contributed by atoms with van der Waals surface area (Å²) < 4.78 is 5.91. The van der Waals surface area contributed by atoms with E-state index in [2.05, 4.69) is 21.9 Å². The van der Waals surface area contributed by atoms with Gasteiger partial charge in [-0.05, 0) is 31.7 Å². The number of carbonyl (C=O) groups is 1. The van der Waals surface area contributed by atoms with Gasteiger partial charge in [0.15, 0.2) is 6.29 Å². The number of rotatable bonds is 4. The van der Waals surface area contributed by atoms with Crippen molar-refractivity contribution in [2.75, 3.05) is 20.1 Å². The lowest BCUT2D eigenvalue weighted by Crippen LogP contribution is -2.21. The molecule has 0 radical (unpaired) electrons. The van der Waals surface area contributed by atoms with Crippen molar-refractivity contribution in [3.05, 3.63) is 42.1 Å². The number of hydrogen-bond donors (Lipinski definition) is 0. The number of likely N-dealkylation sites (N-methyl/N-ethyl adjacent to an activating group) is 1. The summed E-state index contributed by atoms with van der Waals surface area (Å²) in [4.78, 5) is 21.8. The van der Waals surface area contributed by atoms with Crippen molar-refractivity contribution in [3.63, 3.8) is 0 Å². The van der Waals surface area contributed by atoms with E-state index in [0.717, 1.165) is 25.8 Å². The van der Waals surface area contributed by atoms with Crippen LogP contribution in [0.1, 0.15) is 16.9 Å². The fraction of sp³-hybridized carbons (Fsp3) is 0.312. The summed E-state index contributed by atoms with van der Waals surface area (Å²) in [6.45, 7) is 1.97. The topological polar surface area (TPSA) is 55.3 Å². The van der Waals surface area contributed by atoms with Crippen LogP contribution in [0.4, 0.5) is 0 Å². The van der Waals surface area contributed by atoms with Crippen molar-refractivity contribution in [1.82, 2.24) is 14.9 Å². The van der Waals surface area contributed by atoms with E-state index in [0.29, 0.717) is 23.0 Å². The first kappa shape index (κ1) is 13.7. The van der Waals surface area contributed by atoms with Crippen LogP contribution in [0.25, 0.3) is 11.4 Å². The fourth-order valence-electron chi connectivity index (χ4n) is 2.44. The fourth-order valence-corrected chi connectivity index (χ4v) is 2.44. The Kier molecular flexibility index (Phi) is 3.92. The van der Waals surface area contributed by atoms with E-state index in [1.807, 2.05) is 24.3 Å². The summed E-state index contributed by atoms with van der Waals surface area (Å²) in [7, 11) is 2.09. The predicted molar refractivity (Wildman–Crippen MR) is 79.4 cm³/mol. The maximum atomic E-state index is 10.8. The van der Waals surface area contributed by atoms with E-state index in [-0.39, 0.29) is 6.10 Å². The van der Waals surface area contributed by atoms with E-state index in [1.165, 1.54) is 0 Å². The smallest absolute Gasteiger partial charge is 0.214 e. The second-order valence-electron chi connectivity index (χ2n) is 5.22. The van der Waals surface area contributed by atoms with E-state index in [1.54, 1.807) is 12.1 Å². The minimum absolute atomic E-state index is 0.187. The molecule has 0 N–H and O–H groups in total. The minimum atomic E-state index is 0.187. The van der Waals surface area contributed by atoms with Gasteiger partial charge in [-0.2, -0.15) is 0 Å². The Hall–Kier alpha value is -2.27. The molecule has 0 aromatic carbocycles. The highest BCUT2D eigenvalue weighted by Crippen LogP contribution is 2.20. The lowest BCUT2D eigenvalue weighted by molar-refractivity contribution is 0.111. The van der Waals surface area contributed by atoms with Gasteiger partial charge in [-0.1, -0.05) is 12.1 Å². The summed E-state index contributed by atoms with van der Waals surface area (Å²) >= 11 is 0. The Morgan fingerprint density at radius 1 is 1.19 bits per heavy atom. The second-order valence-corrected chi connectivity index (χ2v) is 5.22. The number of pyridine rings is 2. The van der Waals surface area contributed by atoms with Gasteiger partial charge in [-0.25, -0.2) is 9.97 Å². The molecule has 1 saturated heterocycles. The zero-order valence-corrected chi connectivity index (χ0v) is 11.9. The predicted octanol–water partition coefficient (Wildman–Crippen LogP) is 2.04. The third-order valence-corrected chi connectivity index (χ3v) is 3.51. The normalized spacial score (nSPS) is 18.6. The van der Waals surface area contributed by atoms with Gasteiger partial charge in [-0.3, -0.25) is 4.79 Å². The number of likely N-dealkylation sites (tertiary alicyclic amines) is 1. The molecule has 0 bridgehead atoms. The Bertz CT molecular complexity index is 645. The Morgan fingerprint density at radius 2 is 1.95 bits per heavy atom. The first-order valence-corrected chi connectivity index (χ1v) is 6.99. The number of aldehydes is 1. The van der Waals surface area contributed by atoms with Crippen LogP contribution in [0, 0.1) is 0 Å². The maximum absolute atomic E-state index is 10.8. The summed E-state index contributed by atoms with van der Waals surface area (Å²) in [5.74, 6) is 0.603. The molecular formula is C16H17N3O2. The molecule has 1 aliphatic rings. The van der Waals surface area contributed by atoms with Crippen molar-refractivity contribution in [2.45, 2.75) is 12.5 Å². The zero-order valence-electron chi connectivity index (χ0n) is 11.9. The van der Waals surface area contributed by atoms with E-state index in [4.69, 9.17) is 4.74 Å². The van der Waals surface area contributed by atoms with Crippen LogP contribution in [0.2, 0.25) is 0 Å². The Labute approximate surface area is 123 Å². The van der Waals surface area contributed by atoms with Gasteiger partial charge in [0.2, 0.25) is 5.88 Å². The first-order chi connectivity index (χ1) is 10.2. The number of carbonyl (C=O) groups excluding carboxylic acids is 1. The van der Waals surface area contributed by atoms with Gasteiger partial charge in [0.05, 0.1) is 11.4 Å². The zero-order chi connectivity index (χ0) is 14.7. The molecule has 108 valence electrons. The van der Waals surface area contributed by atoms with Crippen LogP contribution >= 0.6 is 0 Å². The highest BCUT2D eigenvalue weighted by Gasteiger charge is 2.21. The molecule has 2 aromatic heterocycles. The van der Waals surface area contributed by atoms with Gasteiger partial charge in [0.25, 0.3) is 0 Å². The van der Waals surface area contributed by atoms with Gasteiger partial charge in [0, 0.05) is 19.2 Å². The molecule has 3 heterocycles. The molecule has 0 spiro atoms. The molecule has 1 atom stereocenters. The van der Waals surface area contributed by atoms with Gasteiger partial charge in [-0.15, -0.1) is 0 Å². The third-order valence-electron chi connectivity index (χ3n) is 3.51. The number of aromatic nitrogens is 2. The molecular weight excluding hydrogens is 266 g/mol. The van der Waals surface area contributed by atoms with Crippen molar-refractivity contribution in [1.29, 1.82) is 0 Å². The van der Waals surface area contributed by atoms with Crippen molar-refractivity contribution in [2.24, 2.45) is 0 Å². The third kappa shape index (κ3) is 3.25. The first-order valence-electron chi connectivity index (χ1n) is 6.99. The highest BCUT2D eigenvalue weighted by atomic mass is 16.5. The van der Waals surface area contributed by atoms with Crippen LogP contribution in [0.5, 0.6) is 5.88 Å². The lowest BCUT2D eigenvalue weighted by Gasteiger charge is -2.13. The number of ether oxygens (including phenoxy) is 1. The summed E-state index contributed by atoms with van der Waals surface area (Å²) in [6, 6.07) is 10.9. The SMILES string of the molecule is CN1CC[C@H](Oc2cccc(-c3cccc(C=O)n3)n2)C1. The highest BCUT2D eigenvalue weighted by molar-refractivity contribution is 5.73. The second kappa shape index (κ2) is 6.01. The lowest BCUT2D eigenvalue weighted by atomic mass is 10.2. The Morgan fingerprint density at radius 3 is 2.67 bits per heavy atom. The molecule has 0 unspecified atom stereocenters. The van der Waals surface area contributed by atoms with Crippen LogP contribution < -0.4 is 4.74 Å². The minimum Gasteiger partial charge on any atom is -0.473 e. The van der Waals surface area contributed by atoms with Crippen molar-refractivity contribution >= 4 is 6.29 Å². The van der Waals surface area contributed by atoms with Gasteiger partial charge < -0.3 is 9.64 Å². The van der Waals surface area contributed by atoms with Gasteiger partial charge >= 0.3 is 0 Å². The van der Waals surface area contributed by atoms with E-state index in [9.17, 15) is 4.79 Å². The molecule has 21 heavy (non-hydrogen) atoms. The Balaban J connectivity index is 1.80. The van der Waals surface area contributed by atoms with Crippen LogP contribution in [-0.2, 0) is 0 Å². The number of nitrogens with zero attached hydrogens (tertiary/aromatic N) is 3. The molecule has 3 rings (SSSR count).